The third-order valence-corrected chi connectivity index (χ3v) is 5.83. The first-order chi connectivity index (χ1) is 17.0. The van der Waals surface area contributed by atoms with Crippen molar-refractivity contribution in [3.05, 3.63) is 59.4 Å². The summed E-state index contributed by atoms with van der Waals surface area (Å²) < 4.78 is 11.3. The minimum absolute atomic E-state index is 0.378. The summed E-state index contributed by atoms with van der Waals surface area (Å²) in [6.07, 6.45) is 4.37. The van der Waals surface area contributed by atoms with Gasteiger partial charge >= 0.3 is 5.97 Å². The van der Waals surface area contributed by atoms with Crippen LogP contribution in [0.15, 0.2) is 48.0 Å². The van der Waals surface area contributed by atoms with Crippen molar-refractivity contribution < 1.29 is 19.4 Å². The van der Waals surface area contributed by atoms with Crippen LogP contribution < -0.4 is 9.64 Å². The van der Waals surface area contributed by atoms with Crippen LogP contribution in [0.3, 0.4) is 0 Å². The normalized spacial score (nSPS) is 13.2. The van der Waals surface area contributed by atoms with Crippen molar-refractivity contribution in [3.8, 4) is 16.9 Å². The lowest BCUT2D eigenvalue weighted by Gasteiger charge is -2.24. The van der Waals surface area contributed by atoms with E-state index in [2.05, 4.69) is 27.2 Å². The molecule has 0 atom stereocenters. The van der Waals surface area contributed by atoms with Gasteiger partial charge in [0.1, 0.15) is 12.4 Å². The Hall–Kier alpha value is -3.72. The minimum atomic E-state index is -0.902. The Bertz CT molecular complexity index is 1170. The van der Waals surface area contributed by atoms with Gasteiger partial charge in [0.05, 0.1) is 20.2 Å². The number of ether oxygens (including phenoxy) is 2. The molecule has 0 unspecified atom stereocenters. The number of aryl methyl sites for hydroxylation is 1. The molecule has 9 heteroatoms. The summed E-state index contributed by atoms with van der Waals surface area (Å²) in [6, 6.07) is 14.0. The molecule has 1 N–H and O–H groups in total. The van der Waals surface area contributed by atoms with Gasteiger partial charge in [0, 0.05) is 24.4 Å². The molecule has 0 spiro atoms. The molecule has 0 aliphatic carbocycles. The summed E-state index contributed by atoms with van der Waals surface area (Å²) in [5, 5.41) is 21.9. The highest BCUT2D eigenvalue weighted by molar-refractivity contribution is 5.94. The van der Waals surface area contributed by atoms with E-state index in [1.54, 1.807) is 13.1 Å². The first kappa shape index (κ1) is 24.4. The maximum absolute atomic E-state index is 11.8. The number of aliphatic carboxylic acids is 1. The van der Waals surface area contributed by atoms with Gasteiger partial charge in [0.15, 0.2) is 5.82 Å². The van der Waals surface area contributed by atoms with Gasteiger partial charge in [-0.05, 0) is 65.1 Å². The standard InChI is InChI=1S/C26H31N5O4/c1-3-4-13-34-14-15-35-23-8-5-19(6-9-23)20-7-10-24-22(16-20)17-21(26(32)33)11-12-31(24)18-25-27-29-30(2)28-25/h5-10,16-17H,3-4,11-15,18H2,1-2H3,(H,32,33). The molecule has 35 heavy (non-hydrogen) atoms. The summed E-state index contributed by atoms with van der Waals surface area (Å²) in [6.45, 7) is 5.00. The number of carboxylic acid groups (broad SMARTS) is 1. The lowest BCUT2D eigenvalue weighted by Crippen LogP contribution is -2.25. The zero-order valence-electron chi connectivity index (χ0n) is 20.2. The fourth-order valence-corrected chi connectivity index (χ4v) is 3.97. The van der Waals surface area contributed by atoms with Crippen LogP contribution in [0.1, 0.15) is 37.6 Å². The van der Waals surface area contributed by atoms with Gasteiger partial charge in [-0.25, -0.2) is 4.79 Å². The highest BCUT2D eigenvalue weighted by atomic mass is 16.5. The molecule has 0 saturated carbocycles. The topological polar surface area (TPSA) is 103 Å². The number of carboxylic acids is 1. The van der Waals surface area contributed by atoms with E-state index >= 15 is 0 Å². The first-order valence-electron chi connectivity index (χ1n) is 11.9. The molecule has 184 valence electrons. The number of hydrogen-bond donors (Lipinski definition) is 1. The highest BCUT2D eigenvalue weighted by Gasteiger charge is 2.21. The second kappa shape index (κ2) is 11.6. The molecular formula is C26H31N5O4. The minimum Gasteiger partial charge on any atom is -0.491 e. The number of nitrogens with zero attached hydrogens (tertiary/aromatic N) is 5. The van der Waals surface area contributed by atoms with Crippen LogP contribution in [0.25, 0.3) is 17.2 Å². The molecule has 1 aromatic heterocycles. The third kappa shape index (κ3) is 6.45. The van der Waals surface area contributed by atoms with Crippen LogP contribution in [-0.4, -0.2) is 57.6 Å². The fourth-order valence-electron chi connectivity index (χ4n) is 3.97. The smallest absolute Gasteiger partial charge is 0.331 e. The van der Waals surface area contributed by atoms with Crippen molar-refractivity contribution in [2.45, 2.75) is 32.7 Å². The van der Waals surface area contributed by atoms with Crippen LogP contribution in [0.2, 0.25) is 0 Å². The zero-order chi connectivity index (χ0) is 24.6. The Morgan fingerprint density at radius 1 is 1.09 bits per heavy atom. The summed E-state index contributed by atoms with van der Waals surface area (Å²) in [5.74, 6) is 0.479. The average Bonchev–Trinajstić information content (AvgIpc) is 3.18. The molecule has 1 aliphatic rings. The Labute approximate surface area is 205 Å². The number of benzene rings is 2. The van der Waals surface area contributed by atoms with Crippen LogP contribution in [0.4, 0.5) is 5.69 Å². The maximum Gasteiger partial charge on any atom is 0.331 e. The van der Waals surface area contributed by atoms with Crippen molar-refractivity contribution in [2.75, 3.05) is 31.3 Å². The Balaban J connectivity index is 1.51. The van der Waals surface area contributed by atoms with E-state index in [1.807, 2.05) is 42.5 Å². The predicted octanol–water partition coefficient (Wildman–Crippen LogP) is 3.95. The van der Waals surface area contributed by atoms with E-state index in [1.165, 1.54) is 4.80 Å². The Kier molecular flexibility index (Phi) is 8.10. The Morgan fingerprint density at radius 3 is 2.60 bits per heavy atom. The monoisotopic (exact) mass is 477 g/mol. The van der Waals surface area contributed by atoms with E-state index in [9.17, 15) is 9.90 Å². The van der Waals surface area contributed by atoms with Crippen LogP contribution >= 0.6 is 0 Å². The summed E-state index contributed by atoms with van der Waals surface area (Å²) in [7, 11) is 1.72. The largest absolute Gasteiger partial charge is 0.491 e. The summed E-state index contributed by atoms with van der Waals surface area (Å²) >= 11 is 0. The second-order valence-corrected chi connectivity index (χ2v) is 8.45. The molecule has 2 aromatic carbocycles. The molecule has 0 fully saturated rings. The number of carbonyl (C=O) groups is 1. The highest BCUT2D eigenvalue weighted by Crippen LogP contribution is 2.33. The van der Waals surface area contributed by atoms with E-state index in [0.29, 0.717) is 44.1 Å². The van der Waals surface area contributed by atoms with Gasteiger partial charge in [0.2, 0.25) is 0 Å². The van der Waals surface area contributed by atoms with Gasteiger partial charge < -0.3 is 19.5 Å². The van der Waals surface area contributed by atoms with Crippen molar-refractivity contribution in [1.29, 1.82) is 0 Å². The predicted molar refractivity (Wildman–Crippen MR) is 133 cm³/mol. The van der Waals surface area contributed by atoms with Gasteiger partial charge in [0.25, 0.3) is 0 Å². The molecular weight excluding hydrogens is 446 g/mol. The number of rotatable bonds is 11. The second-order valence-electron chi connectivity index (χ2n) is 8.45. The SMILES string of the molecule is CCCCOCCOc1ccc(-c2ccc3c(c2)C=C(C(=O)O)CCN3Cc2nnn(C)n2)cc1. The molecule has 2 heterocycles. The Morgan fingerprint density at radius 2 is 1.89 bits per heavy atom. The summed E-state index contributed by atoms with van der Waals surface area (Å²) in [5.41, 5.74) is 4.20. The third-order valence-electron chi connectivity index (χ3n) is 5.83. The van der Waals surface area contributed by atoms with Crippen molar-refractivity contribution >= 4 is 17.7 Å². The van der Waals surface area contributed by atoms with E-state index in [4.69, 9.17) is 9.47 Å². The van der Waals surface area contributed by atoms with E-state index < -0.39 is 5.97 Å². The molecule has 3 aromatic rings. The van der Waals surface area contributed by atoms with Crippen molar-refractivity contribution in [1.82, 2.24) is 20.2 Å². The molecule has 0 bridgehead atoms. The first-order valence-corrected chi connectivity index (χ1v) is 11.9. The molecule has 9 nitrogen and oxygen atoms in total. The molecule has 0 saturated heterocycles. The van der Waals surface area contributed by atoms with Gasteiger partial charge in [-0.15, -0.1) is 10.2 Å². The molecule has 4 rings (SSSR count). The number of hydrogen-bond acceptors (Lipinski definition) is 7. The van der Waals surface area contributed by atoms with Crippen LogP contribution in [0.5, 0.6) is 5.75 Å². The number of tetrazole rings is 1. The zero-order valence-corrected chi connectivity index (χ0v) is 20.2. The lowest BCUT2D eigenvalue weighted by molar-refractivity contribution is -0.132. The molecule has 1 aliphatic heterocycles. The number of aromatic nitrogens is 4. The molecule has 0 amide bonds. The van der Waals surface area contributed by atoms with Crippen molar-refractivity contribution in [2.24, 2.45) is 7.05 Å². The van der Waals surface area contributed by atoms with Gasteiger partial charge in [-0.3, -0.25) is 0 Å². The maximum atomic E-state index is 11.8. The molecule has 0 radical (unpaired) electrons. The van der Waals surface area contributed by atoms with Gasteiger partial charge in [-0.2, -0.15) is 4.80 Å². The lowest BCUT2D eigenvalue weighted by atomic mass is 10.00. The van der Waals surface area contributed by atoms with Crippen LogP contribution in [-0.2, 0) is 23.1 Å². The fraction of sp³-hybridized carbons (Fsp3) is 0.385. The van der Waals surface area contributed by atoms with Crippen molar-refractivity contribution in [3.63, 3.8) is 0 Å². The number of fused-ring (bicyclic) bond motifs is 1. The quantitative estimate of drug-likeness (QED) is 0.414. The number of anilines is 1. The summed E-state index contributed by atoms with van der Waals surface area (Å²) in [4.78, 5) is 15.3. The van der Waals surface area contributed by atoms with Gasteiger partial charge in [-0.1, -0.05) is 31.5 Å². The van der Waals surface area contributed by atoms with Crippen LogP contribution in [0, 0.1) is 0 Å². The number of unbranched alkanes of at least 4 members (excludes halogenated alkanes) is 1. The van der Waals surface area contributed by atoms with E-state index in [-0.39, 0.29) is 0 Å². The average molecular weight is 478 g/mol. The van der Waals surface area contributed by atoms with E-state index in [0.717, 1.165) is 47.6 Å².